The van der Waals surface area contributed by atoms with Crippen LogP contribution in [0.2, 0.25) is 0 Å². The molecule has 1 fully saturated rings. The highest BCUT2D eigenvalue weighted by Crippen LogP contribution is 2.35. The van der Waals surface area contributed by atoms with Crippen LogP contribution in [0, 0.1) is 12.3 Å². The van der Waals surface area contributed by atoms with E-state index >= 15 is 0 Å². The molecule has 0 radical (unpaired) electrons. The number of aromatic nitrogens is 1. The molecule has 1 aromatic heterocycles. The van der Waals surface area contributed by atoms with E-state index in [9.17, 15) is 19.5 Å². The van der Waals surface area contributed by atoms with Gasteiger partial charge < -0.3 is 20.6 Å². The third-order valence-electron chi connectivity index (χ3n) is 6.82. The predicted molar refractivity (Wildman–Crippen MR) is 138 cm³/mol. The fourth-order valence-electron chi connectivity index (χ4n) is 4.77. The maximum Gasteiger partial charge on any atom is 0.257 e. The zero-order valence-electron chi connectivity index (χ0n) is 21.5. The number of thiazole rings is 1. The second-order valence-corrected chi connectivity index (χ2v) is 11.6. The first-order chi connectivity index (χ1) is 16.8. The zero-order chi connectivity index (χ0) is 26.4. The first-order valence-corrected chi connectivity index (χ1v) is 12.9. The molecule has 1 aromatic carbocycles. The summed E-state index contributed by atoms with van der Waals surface area (Å²) in [5.74, 6) is -0.558. The highest BCUT2D eigenvalue weighted by Gasteiger charge is 2.48. The third-order valence-corrected chi connectivity index (χ3v) is 7.80. The van der Waals surface area contributed by atoms with Crippen LogP contribution in [0.1, 0.15) is 52.3 Å². The summed E-state index contributed by atoms with van der Waals surface area (Å²) < 4.78 is 0. The predicted octanol–water partition coefficient (Wildman–Crippen LogP) is 2.37. The lowest BCUT2D eigenvalue weighted by Crippen LogP contribution is -2.57. The topological polar surface area (TPSA) is 124 Å². The molecule has 0 bridgehead atoms. The number of carbonyl (C=O) groups is 3. The Morgan fingerprint density at radius 1 is 1.28 bits per heavy atom. The average Bonchev–Trinajstić information content (AvgIpc) is 3.48. The summed E-state index contributed by atoms with van der Waals surface area (Å²) in [5.41, 5.74) is 2.79. The van der Waals surface area contributed by atoms with Crippen LogP contribution in [0.5, 0.6) is 0 Å². The van der Waals surface area contributed by atoms with Crippen molar-refractivity contribution in [3.8, 4) is 10.4 Å². The molecule has 3 heterocycles. The van der Waals surface area contributed by atoms with Gasteiger partial charge in [0.25, 0.3) is 5.91 Å². The van der Waals surface area contributed by atoms with Crippen LogP contribution in [-0.2, 0) is 19.9 Å². The lowest BCUT2D eigenvalue weighted by atomic mass is 9.85. The number of amides is 3. The number of nitrogens with one attached hydrogen (secondary N) is 2. The molecule has 192 valence electrons. The number of aryl methyl sites for hydroxylation is 1. The van der Waals surface area contributed by atoms with Gasteiger partial charge >= 0.3 is 0 Å². The lowest BCUT2D eigenvalue weighted by Gasteiger charge is -2.35. The van der Waals surface area contributed by atoms with Crippen molar-refractivity contribution in [2.45, 2.75) is 71.7 Å². The standard InChI is InChI=1S/C26H33N5O4S/c1-14-20(36-13-27-14)16-7-9-17(10-8-16)26(6)24(35)29-22(30-26)19-11-18(33)12-31(19)23(34)21(25(3,4)5)28-15(2)32/h7-10,13,18-19,21,33H,11-12H2,1-6H3,(H,28,32)(H,29,30,35)/t18-,19-,21?,26-/m1/s1. The Morgan fingerprint density at radius 2 is 1.94 bits per heavy atom. The Labute approximate surface area is 215 Å². The van der Waals surface area contributed by atoms with Crippen LogP contribution < -0.4 is 10.6 Å². The maximum atomic E-state index is 13.6. The second kappa shape index (κ2) is 9.40. The van der Waals surface area contributed by atoms with Crippen molar-refractivity contribution in [1.82, 2.24) is 20.5 Å². The molecular weight excluding hydrogens is 478 g/mol. The molecule has 2 aliphatic rings. The van der Waals surface area contributed by atoms with Crippen LogP contribution in [0.25, 0.3) is 10.4 Å². The first kappa shape index (κ1) is 26.0. The van der Waals surface area contributed by atoms with E-state index in [-0.39, 0.29) is 30.7 Å². The summed E-state index contributed by atoms with van der Waals surface area (Å²) >= 11 is 1.56. The molecule has 4 rings (SSSR count). The number of hydrogen-bond acceptors (Lipinski definition) is 7. The van der Waals surface area contributed by atoms with Crippen molar-refractivity contribution in [1.29, 1.82) is 0 Å². The number of aliphatic imine (C=N–C) groups is 1. The molecule has 3 N–H and O–H groups in total. The molecule has 9 nitrogen and oxygen atoms in total. The van der Waals surface area contributed by atoms with Crippen LogP contribution in [0.4, 0.5) is 0 Å². The summed E-state index contributed by atoms with van der Waals surface area (Å²) in [6, 6.07) is 6.31. The van der Waals surface area contributed by atoms with Crippen molar-refractivity contribution in [3.05, 3.63) is 41.0 Å². The first-order valence-electron chi connectivity index (χ1n) is 12.0. The van der Waals surface area contributed by atoms with Gasteiger partial charge in [-0.05, 0) is 30.4 Å². The number of aliphatic hydroxyl groups excluding tert-OH is 1. The minimum Gasteiger partial charge on any atom is -0.391 e. The Bertz CT molecular complexity index is 1220. The highest BCUT2D eigenvalue weighted by molar-refractivity contribution is 7.13. The molecule has 4 atom stereocenters. The van der Waals surface area contributed by atoms with Crippen molar-refractivity contribution >= 4 is 34.9 Å². The Hall–Kier alpha value is -3.11. The number of rotatable bonds is 5. The van der Waals surface area contributed by atoms with E-state index in [1.165, 1.54) is 11.8 Å². The van der Waals surface area contributed by atoms with E-state index in [2.05, 4.69) is 15.6 Å². The van der Waals surface area contributed by atoms with Gasteiger partial charge in [0.15, 0.2) is 5.54 Å². The fraction of sp³-hybridized carbons (Fsp3) is 0.500. The summed E-state index contributed by atoms with van der Waals surface area (Å²) in [6.07, 6.45) is -0.508. The molecule has 3 amide bonds. The van der Waals surface area contributed by atoms with E-state index in [1.54, 1.807) is 23.8 Å². The normalized spacial score (nSPS) is 24.9. The summed E-state index contributed by atoms with van der Waals surface area (Å²) in [7, 11) is 0. The number of aliphatic hydroxyl groups is 1. The van der Waals surface area contributed by atoms with Crippen molar-refractivity contribution in [2.24, 2.45) is 10.4 Å². The van der Waals surface area contributed by atoms with E-state index < -0.39 is 29.1 Å². The molecule has 1 unspecified atom stereocenters. The smallest absolute Gasteiger partial charge is 0.257 e. The SMILES string of the molecule is CC(=O)NC(C(=O)N1C[C@H](O)C[C@@H]1C1=N[C@](C)(c2ccc(-c3scnc3C)cc2)C(=O)N1)C(C)(C)C. The minimum atomic E-state index is -1.17. The molecule has 0 spiro atoms. The van der Waals surface area contributed by atoms with Gasteiger partial charge in [-0.2, -0.15) is 0 Å². The quantitative estimate of drug-likeness (QED) is 0.569. The monoisotopic (exact) mass is 511 g/mol. The fourth-order valence-corrected chi connectivity index (χ4v) is 5.58. The van der Waals surface area contributed by atoms with Gasteiger partial charge in [0, 0.05) is 19.9 Å². The average molecular weight is 512 g/mol. The molecule has 36 heavy (non-hydrogen) atoms. The molecule has 2 aromatic rings. The van der Waals surface area contributed by atoms with Crippen molar-refractivity contribution in [3.63, 3.8) is 0 Å². The zero-order valence-corrected chi connectivity index (χ0v) is 22.3. The van der Waals surface area contributed by atoms with Crippen LogP contribution in [0.3, 0.4) is 0 Å². The molecule has 10 heteroatoms. The van der Waals surface area contributed by atoms with Crippen LogP contribution in [-0.4, -0.2) is 63.3 Å². The minimum absolute atomic E-state index is 0.101. The number of nitrogens with zero attached hydrogens (tertiary/aromatic N) is 3. The number of carbonyl (C=O) groups excluding carboxylic acids is 3. The van der Waals surface area contributed by atoms with Gasteiger partial charge in [0.1, 0.15) is 11.9 Å². The van der Waals surface area contributed by atoms with Gasteiger partial charge in [-0.1, -0.05) is 45.0 Å². The molecule has 0 saturated carbocycles. The number of likely N-dealkylation sites (tertiary alicyclic amines) is 1. The van der Waals surface area contributed by atoms with E-state index in [1.807, 2.05) is 52.0 Å². The lowest BCUT2D eigenvalue weighted by molar-refractivity contribution is -0.139. The number of amidine groups is 1. The van der Waals surface area contributed by atoms with Gasteiger partial charge in [0.05, 0.1) is 28.2 Å². The van der Waals surface area contributed by atoms with E-state index in [0.717, 1.165) is 21.7 Å². The molecule has 0 aliphatic carbocycles. The van der Waals surface area contributed by atoms with Crippen LogP contribution in [0.15, 0.2) is 34.8 Å². The Morgan fingerprint density at radius 3 is 2.50 bits per heavy atom. The van der Waals surface area contributed by atoms with Gasteiger partial charge in [0.2, 0.25) is 11.8 Å². The van der Waals surface area contributed by atoms with Gasteiger partial charge in [-0.15, -0.1) is 11.3 Å². The van der Waals surface area contributed by atoms with Gasteiger partial charge in [-0.25, -0.2) is 9.98 Å². The van der Waals surface area contributed by atoms with Crippen LogP contribution >= 0.6 is 11.3 Å². The van der Waals surface area contributed by atoms with Gasteiger partial charge in [-0.3, -0.25) is 14.4 Å². The van der Waals surface area contributed by atoms with E-state index in [4.69, 9.17) is 4.99 Å². The maximum absolute atomic E-state index is 13.6. The molecule has 1 saturated heterocycles. The van der Waals surface area contributed by atoms with Crippen molar-refractivity contribution < 1.29 is 19.5 Å². The number of β-amino-alcohol motifs (C(OH)–C–C–N with tert-alkyl or cyclic N) is 1. The Balaban J connectivity index is 1.63. The summed E-state index contributed by atoms with van der Waals surface area (Å²) in [6.45, 7) is 10.8. The second-order valence-electron chi connectivity index (χ2n) is 10.8. The van der Waals surface area contributed by atoms with E-state index in [0.29, 0.717) is 5.84 Å². The number of benzene rings is 1. The summed E-state index contributed by atoms with van der Waals surface area (Å²) in [4.78, 5) is 50.2. The largest absolute Gasteiger partial charge is 0.391 e. The number of hydrogen-bond donors (Lipinski definition) is 3. The molecule has 2 aliphatic heterocycles. The third kappa shape index (κ3) is 4.79. The Kier molecular flexibility index (Phi) is 6.78. The highest BCUT2D eigenvalue weighted by atomic mass is 32.1. The van der Waals surface area contributed by atoms with Crippen molar-refractivity contribution in [2.75, 3.05) is 6.54 Å². The summed E-state index contributed by atoms with van der Waals surface area (Å²) in [5, 5.41) is 16.1. The molecular formula is C26H33N5O4S.